The van der Waals surface area contributed by atoms with E-state index >= 15 is 0 Å². The van der Waals surface area contributed by atoms with Gasteiger partial charge in [0.15, 0.2) is 0 Å². The number of hydrogen-bond acceptors (Lipinski definition) is 3. The number of hydrogen-bond donors (Lipinski definition) is 1. The molecule has 0 saturated carbocycles. The van der Waals surface area contributed by atoms with Gasteiger partial charge in [-0.15, -0.1) is 0 Å². The van der Waals surface area contributed by atoms with Crippen LogP contribution in [0.1, 0.15) is 24.4 Å². The third kappa shape index (κ3) is 2.64. The van der Waals surface area contributed by atoms with Crippen molar-refractivity contribution in [2.45, 2.75) is 26.0 Å². The molecule has 1 atom stereocenters. The maximum atomic E-state index is 10.6. The molecule has 0 aliphatic carbocycles. The summed E-state index contributed by atoms with van der Waals surface area (Å²) in [5.74, 6) is 0.865. The van der Waals surface area contributed by atoms with E-state index in [9.17, 15) is 5.11 Å². The molecule has 1 N–H and O–H groups in total. The Morgan fingerprint density at radius 2 is 2.10 bits per heavy atom. The van der Waals surface area contributed by atoms with E-state index in [4.69, 9.17) is 11.6 Å². The van der Waals surface area contributed by atoms with Crippen LogP contribution in [0.15, 0.2) is 42.9 Å². The summed E-state index contributed by atoms with van der Waals surface area (Å²) < 4.78 is 2.02. The largest absolute Gasteiger partial charge is 0.388 e. The molecule has 0 aliphatic rings. The molecule has 0 aliphatic heterocycles. The van der Waals surface area contributed by atoms with Crippen molar-refractivity contribution >= 4 is 22.5 Å². The minimum atomic E-state index is -0.660. The van der Waals surface area contributed by atoms with E-state index in [1.54, 1.807) is 18.5 Å². The van der Waals surface area contributed by atoms with Crippen LogP contribution < -0.4 is 0 Å². The van der Waals surface area contributed by atoms with E-state index in [0.29, 0.717) is 11.4 Å². The normalized spacial score (nSPS) is 12.7. The number of fused-ring (bicyclic) bond motifs is 1. The van der Waals surface area contributed by atoms with Crippen LogP contribution in [0, 0.1) is 0 Å². The molecule has 21 heavy (non-hydrogen) atoms. The molecule has 2 aromatic heterocycles. The Hall–Kier alpha value is -1.91. The number of rotatable bonds is 4. The van der Waals surface area contributed by atoms with Crippen LogP contribution in [0.4, 0.5) is 0 Å². The highest BCUT2D eigenvalue weighted by Gasteiger charge is 2.16. The summed E-state index contributed by atoms with van der Waals surface area (Å²) in [7, 11) is 0. The molecule has 3 rings (SSSR count). The predicted molar refractivity (Wildman–Crippen MR) is 83.3 cm³/mol. The van der Waals surface area contributed by atoms with Crippen molar-refractivity contribution in [2.75, 3.05) is 0 Å². The van der Waals surface area contributed by atoms with Crippen LogP contribution in [0.25, 0.3) is 10.9 Å². The van der Waals surface area contributed by atoms with Crippen LogP contribution >= 0.6 is 11.6 Å². The van der Waals surface area contributed by atoms with Gasteiger partial charge in [-0.25, -0.2) is 4.98 Å². The quantitative estimate of drug-likeness (QED) is 0.803. The first-order chi connectivity index (χ1) is 10.2. The van der Waals surface area contributed by atoms with Crippen LogP contribution in [-0.2, 0) is 13.0 Å². The van der Waals surface area contributed by atoms with E-state index in [2.05, 4.69) is 16.9 Å². The fraction of sp³-hybridized carbons (Fsp3) is 0.250. The molecule has 0 bridgehead atoms. The molecule has 3 aromatic rings. The maximum Gasteiger partial charge on any atom is 0.111 e. The van der Waals surface area contributed by atoms with Gasteiger partial charge in [0.25, 0.3) is 0 Å². The fourth-order valence-corrected chi connectivity index (χ4v) is 2.74. The molecule has 0 spiro atoms. The van der Waals surface area contributed by atoms with Gasteiger partial charge < -0.3 is 9.67 Å². The minimum absolute atomic E-state index is 0.453. The smallest absolute Gasteiger partial charge is 0.111 e. The van der Waals surface area contributed by atoms with Gasteiger partial charge in [-0.3, -0.25) is 4.98 Å². The molecule has 0 amide bonds. The van der Waals surface area contributed by atoms with Crippen molar-refractivity contribution in [2.24, 2.45) is 0 Å². The van der Waals surface area contributed by atoms with Gasteiger partial charge in [0.1, 0.15) is 5.82 Å². The SMILES string of the molecule is CCn1ccnc1CC(O)c1ccc(Cl)c2cccnc12. The number of aliphatic hydroxyl groups is 1. The Morgan fingerprint density at radius 1 is 1.24 bits per heavy atom. The average Bonchev–Trinajstić information content (AvgIpc) is 2.95. The highest BCUT2D eigenvalue weighted by Crippen LogP contribution is 2.29. The van der Waals surface area contributed by atoms with E-state index < -0.39 is 6.10 Å². The second-order valence-electron chi connectivity index (χ2n) is 4.89. The predicted octanol–water partition coefficient (Wildman–Crippen LogP) is 3.38. The van der Waals surface area contributed by atoms with E-state index in [-0.39, 0.29) is 0 Å². The summed E-state index contributed by atoms with van der Waals surface area (Å²) in [6.07, 6.45) is 5.17. The highest BCUT2D eigenvalue weighted by atomic mass is 35.5. The number of nitrogens with zero attached hydrogens (tertiary/aromatic N) is 3. The molecule has 0 fully saturated rings. The van der Waals surface area contributed by atoms with Crippen LogP contribution in [-0.4, -0.2) is 19.6 Å². The summed E-state index contributed by atoms with van der Waals surface area (Å²) in [4.78, 5) is 8.67. The molecule has 108 valence electrons. The molecule has 4 nitrogen and oxygen atoms in total. The second kappa shape index (κ2) is 5.84. The lowest BCUT2D eigenvalue weighted by Gasteiger charge is -2.14. The van der Waals surface area contributed by atoms with Crippen molar-refractivity contribution in [3.05, 3.63) is 59.3 Å². The van der Waals surface area contributed by atoms with Gasteiger partial charge in [-0.05, 0) is 25.1 Å². The summed E-state index contributed by atoms with van der Waals surface area (Å²) >= 11 is 6.19. The first kappa shape index (κ1) is 14.0. The monoisotopic (exact) mass is 301 g/mol. The van der Waals surface area contributed by atoms with Crippen LogP contribution in [0.3, 0.4) is 0 Å². The van der Waals surface area contributed by atoms with Gasteiger partial charge in [0.2, 0.25) is 0 Å². The Labute approximate surface area is 128 Å². The van der Waals surface area contributed by atoms with E-state index in [1.165, 1.54) is 0 Å². The summed E-state index contributed by atoms with van der Waals surface area (Å²) in [5.41, 5.74) is 1.52. The number of imidazole rings is 1. The number of halogens is 1. The van der Waals surface area contributed by atoms with E-state index in [0.717, 1.165) is 28.8 Å². The molecule has 0 radical (unpaired) electrons. The van der Waals surface area contributed by atoms with Gasteiger partial charge >= 0.3 is 0 Å². The number of benzene rings is 1. The Bertz CT molecular complexity index is 769. The minimum Gasteiger partial charge on any atom is -0.388 e. The Morgan fingerprint density at radius 3 is 2.90 bits per heavy atom. The molecule has 1 unspecified atom stereocenters. The molecular formula is C16H16ClN3O. The zero-order valence-electron chi connectivity index (χ0n) is 11.7. The zero-order valence-corrected chi connectivity index (χ0v) is 12.5. The lowest BCUT2D eigenvalue weighted by atomic mass is 10.0. The maximum absolute atomic E-state index is 10.6. The van der Waals surface area contributed by atoms with Crippen molar-refractivity contribution in [3.63, 3.8) is 0 Å². The molecule has 2 heterocycles. The van der Waals surface area contributed by atoms with E-state index in [1.807, 2.05) is 29.0 Å². The number of aryl methyl sites for hydroxylation is 1. The fourth-order valence-electron chi connectivity index (χ4n) is 2.53. The first-order valence-corrected chi connectivity index (χ1v) is 7.29. The topological polar surface area (TPSA) is 50.9 Å². The second-order valence-corrected chi connectivity index (χ2v) is 5.29. The molecular weight excluding hydrogens is 286 g/mol. The van der Waals surface area contributed by atoms with Gasteiger partial charge in [0, 0.05) is 47.5 Å². The summed E-state index contributed by atoms with van der Waals surface area (Å²) in [5, 5.41) is 12.1. The third-order valence-corrected chi connectivity index (χ3v) is 3.95. The summed E-state index contributed by atoms with van der Waals surface area (Å²) in [6.45, 7) is 2.89. The van der Waals surface area contributed by atoms with Crippen molar-refractivity contribution < 1.29 is 5.11 Å². The standard InChI is InChI=1S/C16H16ClN3O/c1-2-20-9-8-18-15(20)10-14(21)12-5-6-13(17)11-4-3-7-19-16(11)12/h3-9,14,21H,2,10H2,1H3. The van der Waals surface area contributed by atoms with Crippen LogP contribution in [0.5, 0.6) is 0 Å². The lowest BCUT2D eigenvalue weighted by molar-refractivity contribution is 0.176. The average molecular weight is 302 g/mol. The molecule has 0 saturated heterocycles. The van der Waals surface area contributed by atoms with Gasteiger partial charge in [-0.1, -0.05) is 17.7 Å². The Kier molecular flexibility index (Phi) is 3.90. The third-order valence-electron chi connectivity index (χ3n) is 3.62. The van der Waals surface area contributed by atoms with Crippen molar-refractivity contribution in [1.29, 1.82) is 0 Å². The summed E-state index contributed by atoms with van der Waals surface area (Å²) in [6, 6.07) is 7.39. The van der Waals surface area contributed by atoms with Gasteiger partial charge in [-0.2, -0.15) is 0 Å². The Balaban J connectivity index is 1.99. The zero-order chi connectivity index (χ0) is 14.8. The number of aromatic nitrogens is 3. The van der Waals surface area contributed by atoms with Crippen molar-refractivity contribution in [1.82, 2.24) is 14.5 Å². The highest BCUT2D eigenvalue weighted by molar-refractivity contribution is 6.35. The lowest BCUT2D eigenvalue weighted by Crippen LogP contribution is -2.09. The van der Waals surface area contributed by atoms with Crippen LogP contribution in [0.2, 0.25) is 5.02 Å². The number of pyridine rings is 1. The molecule has 5 heteroatoms. The number of aliphatic hydroxyl groups excluding tert-OH is 1. The van der Waals surface area contributed by atoms with Crippen molar-refractivity contribution in [3.8, 4) is 0 Å². The molecule has 1 aromatic carbocycles. The van der Waals surface area contributed by atoms with Gasteiger partial charge in [0.05, 0.1) is 11.6 Å². The first-order valence-electron chi connectivity index (χ1n) is 6.92.